The maximum Gasteiger partial charge on any atom is 0.316 e. The molecule has 0 spiro atoms. The fourth-order valence-electron chi connectivity index (χ4n) is 1.40. The van der Waals surface area contributed by atoms with E-state index in [9.17, 15) is 4.79 Å². The van der Waals surface area contributed by atoms with Crippen LogP contribution in [0.4, 0.5) is 0 Å². The molecule has 1 rings (SSSR count). The number of rotatable bonds is 4. The highest BCUT2D eigenvalue weighted by molar-refractivity contribution is 8.00. The standard InChI is InChI=1S/C10H18O3S/c1-7(2)13-10(11)6-14-9-4-5-12-8(9)3/h7-9H,4-6H2,1-3H3. The molecule has 0 radical (unpaired) electrons. The van der Waals surface area contributed by atoms with Gasteiger partial charge in [0.2, 0.25) is 0 Å². The van der Waals surface area contributed by atoms with E-state index in [1.165, 1.54) is 0 Å². The van der Waals surface area contributed by atoms with Gasteiger partial charge in [-0.2, -0.15) is 0 Å². The lowest BCUT2D eigenvalue weighted by Gasteiger charge is -2.13. The highest BCUT2D eigenvalue weighted by Gasteiger charge is 2.25. The third-order valence-corrected chi connectivity index (χ3v) is 3.54. The van der Waals surface area contributed by atoms with Crippen molar-refractivity contribution < 1.29 is 14.3 Å². The Hall–Kier alpha value is -0.220. The zero-order valence-corrected chi connectivity index (χ0v) is 9.80. The second kappa shape index (κ2) is 5.61. The predicted molar refractivity (Wildman–Crippen MR) is 57.5 cm³/mol. The minimum absolute atomic E-state index is 0.0136. The van der Waals surface area contributed by atoms with E-state index in [4.69, 9.17) is 9.47 Å². The minimum atomic E-state index is -0.121. The summed E-state index contributed by atoms with van der Waals surface area (Å²) in [5.74, 6) is 0.320. The SMILES string of the molecule is CC(C)OC(=O)CSC1CCOC1C. The van der Waals surface area contributed by atoms with Crippen molar-refractivity contribution in [3.63, 3.8) is 0 Å². The van der Waals surface area contributed by atoms with Crippen LogP contribution in [0, 0.1) is 0 Å². The minimum Gasteiger partial charge on any atom is -0.462 e. The molecular formula is C10H18O3S. The average Bonchev–Trinajstić information content (AvgIpc) is 2.46. The highest BCUT2D eigenvalue weighted by atomic mass is 32.2. The van der Waals surface area contributed by atoms with Crippen LogP contribution in [-0.2, 0) is 14.3 Å². The van der Waals surface area contributed by atoms with Crippen molar-refractivity contribution in [3.8, 4) is 0 Å². The summed E-state index contributed by atoms with van der Waals surface area (Å²) in [5.41, 5.74) is 0. The molecule has 0 saturated carbocycles. The largest absolute Gasteiger partial charge is 0.462 e. The van der Waals surface area contributed by atoms with Gasteiger partial charge in [0.25, 0.3) is 0 Å². The molecule has 0 amide bonds. The van der Waals surface area contributed by atoms with Crippen LogP contribution in [0.25, 0.3) is 0 Å². The van der Waals surface area contributed by atoms with Gasteiger partial charge < -0.3 is 9.47 Å². The molecule has 0 aliphatic carbocycles. The van der Waals surface area contributed by atoms with Crippen LogP contribution in [0.5, 0.6) is 0 Å². The first kappa shape index (κ1) is 11.9. The molecule has 3 nitrogen and oxygen atoms in total. The molecule has 1 aliphatic heterocycles. The van der Waals surface area contributed by atoms with Crippen molar-refractivity contribution in [1.82, 2.24) is 0 Å². The maximum atomic E-state index is 11.2. The second-order valence-electron chi connectivity index (χ2n) is 3.75. The van der Waals surface area contributed by atoms with Gasteiger partial charge in [-0.05, 0) is 27.2 Å². The van der Waals surface area contributed by atoms with Gasteiger partial charge in [0.1, 0.15) is 0 Å². The summed E-state index contributed by atoms with van der Waals surface area (Å²) in [6.07, 6.45) is 1.30. The van der Waals surface area contributed by atoms with Gasteiger partial charge in [-0.25, -0.2) is 0 Å². The van der Waals surface area contributed by atoms with Gasteiger partial charge in [0, 0.05) is 11.9 Å². The molecule has 0 aromatic rings. The molecule has 0 N–H and O–H groups in total. The van der Waals surface area contributed by atoms with Crippen LogP contribution in [0.2, 0.25) is 0 Å². The number of carbonyl (C=O) groups excluding carboxylic acids is 1. The van der Waals surface area contributed by atoms with Gasteiger partial charge in [-0.1, -0.05) is 0 Å². The fraction of sp³-hybridized carbons (Fsp3) is 0.900. The molecule has 0 aromatic carbocycles. The van der Waals surface area contributed by atoms with Crippen molar-refractivity contribution in [2.45, 2.75) is 44.6 Å². The van der Waals surface area contributed by atoms with E-state index >= 15 is 0 Å². The molecule has 1 saturated heterocycles. The molecule has 0 aromatic heterocycles. The lowest BCUT2D eigenvalue weighted by molar-refractivity contribution is -0.144. The summed E-state index contributed by atoms with van der Waals surface area (Å²) in [6.45, 7) is 6.60. The lowest BCUT2D eigenvalue weighted by Crippen LogP contribution is -2.19. The number of thioether (sulfide) groups is 1. The van der Waals surface area contributed by atoms with E-state index in [-0.39, 0.29) is 18.2 Å². The van der Waals surface area contributed by atoms with Gasteiger partial charge >= 0.3 is 5.97 Å². The smallest absolute Gasteiger partial charge is 0.316 e. The van der Waals surface area contributed by atoms with E-state index in [0.717, 1.165) is 13.0 Å². The predicted octanol–water partition coefficient (Wildman–Crippen LogP) is 1.85. The van der Waals surface area contributed by atoms with Crippen LogP contribution in [0.15, 0.2) is 0 Å². The monoisotopic (exact) mass is 218 g/mol. The van der Waals surface area contributed by atoms with E-state index in [0.29, 0.717) is 11.0 Å². The zero-order valence-electron chi connectivity index (χ0n) is 8.99. The average molecular weight is 218 g/mol. The molecule has 2 atom stereocenters. The normalized spacial score (nSPS) is 26.9. The molecule has 82 valence electrons. The van der Waals surface area contributed by atoms with E-state index in [2.05, 4.69) is 6.92 Å². The molecule has 1 heterocycles. The van der Waals surface area contributed by atoms with Crippen LogP contribution in [0.3, 0.4) is 0 Å². The van der Waals surface area contributed by atoms with Crippen molar-refractivity contribution in [2.24, 2.45) is 0 Å². The third-order valence-electron chi connectivity index (χ3n) is 2.09. The first-order chi connectivity index (χ1) is 6.59. The Morgan fingerprint density at radius 1 is 1.64 bits per heavy atom. The van der Waals surface area contributed by atoms with E-state index in [1.54, 1.807) is 11.8 Å². The maximum absolute atomic E-state index is 11.2. The number of hydrogen-bond donors (Lipinski definition) is 0. The van der Waals surface area contributed by atoms with Crippen LogP contribution in [-0.4, -0.2) is 35.8 Å². The first-order valence-corrected chi connectivity index (χ1v) is 6.07. The van der Waals surface area contributed by atoms with Crippen LogP contribution >= 0.6 is 11.8 Å². The lowest BCUT2D eigenvalue weighted by atomic mass is 10.3. The quantitative estimate of drug-likeness (QED) is 0.675. The van der Waals surface area contributed by atoms with Crippen LogP contribution < -0.4 is 0 Å². The van der Waals surface area contributed by atoms with Gasteiger partial charge in [-0.15, -0.1) is 11.8 Å². The summed E-state index contributed by atoms with van der Waals surface area (Å²) >= 11 is 1.64. The zero-order chi connectivity index (χ0) is 10.6. The summed E-state index contributed by atoms with van der Waals surface area (Å²) in [6, 6.07) is 0. The summed E-state index contributed by atoms with van der Waals surface area (Å²) in [5, 5.41) is 0.453. The number of esters is 1. The van der Waals surface area contributed by atoms with Crippen molar-refractivity contribution >= 4 is 17.7 Å². The van der Waals surface area contributed by atoms with E-state index in [1.807, 2.05) is 13.8 Å². The van der Waals surface area contributed by atoms with Crippen molar-refractivity contribution in [3.05, 3.63) is 0 Å². The Bertz CT molecular complexity index is 194. The van der Waals surface area contributed by atoms with Crippen molar-refractivity contribution in [2.75, 3.05) is 12.4 Å². The van der Waals surface area contributed by atoms with Gasteiger partial charge in [-0.3, -0.25) is 4.79 Å². The number of carbonyl (C=O) groups is 1. The first-order valence-electron chi connectivity index (χ1n) is 5.02. The molecule has 1 aliphatic rings. The fourth-order valence-corrected chi connectivity index (χ4v) is 2.43. The number of hydrogen-bond acceptors (Lipinski definition) is 4. The Balaban J connectivity index is 2.16. The Morgan fingerprint density at radius 3 is 2.86 bits per heavy atom. The second-order valence-corrected chi connectivity index (χ2v) is 4.98. The third kappa shape index (κ3) is 3.88. The topological polar surface area (TPSA) is 35.5 Å². The summed E-state index contributed by atoms with van der Waals surface area (Å²) < 4.78 is 10.5. The van der Waals surface area contributed by atoms with E-state index < -0.39 is 0 Å². The molecule has 0 bridgehead atoms. The molecular weight excluding hydrogens is 200 g/mol. The molecule has 1 fully saturated rings. The van der Waals surface area contributed by atoms with Gasteiger partial charge in [0.15, 0.2) is 0 Å². The van der Waals surface area contributed by atoms with Crippen LogP contribution in [0.1, 0.15) is 27.2 Å². The number of ether oxygens (including phenoxy) is 2. The summed E-state index contributed by atoms with van der Waals surface area (Å²) in [7, 11) is 0. The molecule has 4 heteroatoms. The Kier molecular flexibility index (Phi) is 4.75. The Labute approximate surface area is 89.5 Å². The Morgan fingerprint density at radius 2 is 2.36 bits per heavy atom. The molecule has 14 heavy (non-hydrogen) atoms. The highest BCUT2D eigenvalue weighted by Crippen LogP contribution is 2.26. The van der Waals surface area contributed by atoms with Crippen molar-refractivity contribution in [1.29, 1.82) is 0 Å². The summed E-state index contributed by atoms with van der Waals surface area (Å²) in [4.78, 5) is 11.2. The molecule has 2 unspecified atom stereocenters. The van der Waals surface area contributed by atoms with Gasteiger partial charge in [0.05, 0.1) is 18.0 Å².